The van der Waals surface area contributed by atoms with Crippen LogP contribution in [0, 0.1) is 5.21 Å². The summed E-state index contributed by atoms with van der Waals surface area (Å²) < 4.78 is 0. The van der Waals surface area contributed by atoms with Gasteiger partial charge in [-0.1, -0.05) is 0 Å². The van der Waals surface area contributed by atoms with Crippen molar-refractivity contribution >= 4 is 11.0 Å². The van der Waals surface area contributed by atoms with Gasteiger partial charge in [-0.15, -0.1) is 5.21 Å². The van der Waals surface area contributed by atoms with Crippen LogP contribution < -0.4 is 0 Å². The average Bonchev–Trinajstić information content (AvgIpc) is 1.76. The van der Waals surface area contributed by atoms with Crippen molar-refractivity contribution in [2.45, 2.75) is 0 Å². The van der Waals surface area contributed by atoms with Gasteiger partial charge in [0.25, 0.3) is 0 Å². The van der Waals surface area contributed by atoms with Crippen LogP contribution in [-0.2, 0) is 9.98 Å². The van der Waals surface area contributed by atoms with E-state index in [0.29, 0.717) is 0 Å². The van der Waals surface area contributed by atoms with Crippen LogP contribution in [0.4, 0.5) is 0 Å². The Labute approximate surface area is 37.7 Å². The molecule has 0 unspecified atom stereocenters. The second kappa shape index (κ2) is 1.26. The predicted octanol–water partition coefficient (Wildman–Crippen LogP) is -1.97. The second-order valence-electron chi connectivity index (χ2n) is 0.618. The van der Waals surface area contributed by atoms with E-state index in [1.807, 2.05) is 0 Å². The first-order chi connectivity index (χ1) is 2.21. The quantitative estimate of drug-likeness (QED) is 0.129. The van der Waals surface area contributed by atoms with Gasteiger partial charge in [-0.3, -0.25) is 0 Å². The number of nitrogens with zero attached hydrogens (tertiary/aromatic N) is 1. The lowest BCUT2D eigenvalue weighted by molar-refractivity contribution is -1.11. The smallest absolute Gasteiger partial charge is 0.154 e. The molecular formula is H5NO4Si. The van der Waals surface area contributed by atoms with E-state index >= 15 is 0 Å². The maximum absolute atomic E-state index is 9.26. The van der Waals surface area contributed by atoms with E-state index in [0.717, 1.165) is 0 Å². The third kappa shape index (κ3) is 1.45. The highest BCUT2D eigenvalue weighted by Gasteiger charge is 2.42. The molecule has 0 atom stereocenters. The van der Waals surface area contributed by atoms with Gasteiger partial charge in [-0.05, 0) is 11.0 Å². The largest absolute Gasteiger partial charge is 0.523 e. The Morgan fingerprint density at radius 3 is 1.67 bits per heavy atom. The molecule has 38 valence electrons. The van der Waals surface area contributed by atoms with Gasteiger partial charge in [-0.25, -0.2) is 0 Å². The van der Waals surface area contributed by atoms with Gasteiger partial charge in [0.15, 0.2) is 5.14 Å². The lowest BCUT2D eigenvalue weighted by atomic mass is 12.9. The first-order valence-corrected chi connectivity index (χ1v) is 0.914. The van der Waals surface area contributed by atoms with Crippen LogP contribution >= 0.6 is 0 Å². The van der Waals surface area contributed by atoms with Crippen molar-refractivity contribution in [2.75, 3.05) is 0 Å². The molecule has 6 heavy (non-hydrogen) atoms. The van der Waals surface area contributed by atoms with E-state index < -0.39 is 5.14 Å². The topological polar surface area (TPSA) is 68.3 Å². The van der Waals surface area contributed by atoms with Gasteiger partial charge < -0.3 is 5.21 Å². The molecule has 5 nitrogen and oxygen atoms in total. The van der Waals surface area contributed by atoms with E-state index in [9.17, 15) is 5.21 Å². The minimum Gasteiger partial charge on any atom is -0.523 e. The zero-order chi connectivity index (χ0) is 3.91. The lowest BCUT2D eigenvalue weighted by Crippen LogP contribution is -2.05. The summed E-state index contributed by atoms with van der Waals surface area (Å²) in [6.45, 7) is 0. The minimum absolute atomic E-state index is 0. The van der Waals surface area contributed by atoms with Crippen LogP contribution in [0.1, 0.15) is 0 Å². The summed E-state index contributed by atoms with van der Waals surface area (Å²) in [6.07, 6.45) is 0. The normalized spacial score (nSPS) is 25.0. The Morgan fingerprint density at radius 2 is 1.67 bits per heavy atom. The van der Waals surface area contributed by atoms with E-state index in [2.05, 4.69) is 9.98 Å². The molecule has 0 aromatic heterocycles. The van der Waals surface area contributed by atoms with E-state index in [4.69, 9.17) is 5.21 Å². The second-order valence-corrected chi connectivity index (χ2v) is 0.618. The molecule has 0 aromatic rings. The molecule has 1 aliphatic heterocycles. The number of quaternary nitrogens is 1. The zero-order valence-corrected chi connectivity index (χ0v) is 2.12. The summed E-state index contributed by atoms with van der Waals surface area (Å²) in [4.78, 5) is 6.67. The summed E-state index contributed by atoms with van der Waals surface area (Å²) in [5.74, 6) is 0. The van der Waals surface area contributed by atoms with Crippen molar-refractivity contribution < 1.29 is 20.3 Å². The van der Waals surface area contributed by atoms with Gasteiger partial charge in [-0.2, -0.15) is 0 Å². The molecule has 1 rings (SSSR count). The molecule has 0 amide bonds. The van der Waals surface area contributed by atoms with Crippen molar-refractivity contribution in [1.29, 1.82) is 0 Å². The molecule has 0 spiro atoms. The maximum atomic E-state index is 9.26. The minimum atomic E-state index is -2.00. The molecule has 1 aliphatic rings. The summed E-state index contributed by atoms with van der Waals surface area (Å²) in [7, 11) is 0. The fourth-order valence-corrected chi connectivity index (χ4v) is 0.0285. The zero-order valence-electron chi connectivity index (χ0n) is 2.12. The highest BCUT2D eigenvalue weighted by molar-refractivity contribution is 5.75. The van der Waals surface area contributed by atoms with E-state index in [1.165, 1.54) is 0 Å². The molecule has 0 saturated carbocycles. The van der Waals surface area contributed by atoms with E-state index in [1.54, 1.807) is 0 Å². The molecule has 1 fully saturated rings. The summed E-state index contributed by atoms with van der Waals surface area (Å²) in [5.41, 5.74) is 0. The van der Waals surface area contributed by atoms with Gasteiger partial charge >= 0.3 is 0 Å². The molecule has 0 aliphatic carbocycles. The fraction of sp³-hybridized carbons (Fsp3) is 0. The van der Waals surface area contributed by atoms with Crippen molar-refractivity contribution in [3.05, 3.63) is 5.21 Å². The summed E-state index contributed by atoms with van der Waals surface area (Å²) in [5, 5.41) is 14.8. The van der Waals surface area contributed by atoms with Crippen molar-refractivity contribution in [3.63, 3.8) is 0 Å². The molecule has 0 radical (unpaired) electrons. The predicted molar refractivity (Wildman–Crippen MR) is 18.9 cm³/mol. The van der Waals surface area contributed by atoms with Crippen molar-refractivity contribution in [1.82, 2.24) is 0 Å². The lowest BCUT2D eigenvalue weighted by Gasteiger charge is -1.85. The maximum Gasteiger partial charge on any atom is 0.154 e. The third-order valence-electron chi connectivity index (χ3n) is 0.202. The molecule has 1 saturated heterocycles. The molecule has 0 bridgehead atoms. The van der Waals surface area contributed by atoms with Gasteiger partial charge in [0.1, 0.15) is 9.98 Å². The monoisotopic (exact) mass is 111 g/mol. The summed E-state index contributed by atoms with van der Waals surface area (Å²) >= 11 is 0. The standard InChI is InChI=1S/HNO4.H4Si/c2-1(3)4-5-1;/h2H;1H4. The molecule has 0 aromatic carbocycles. The van der Waals surface area contributed by atoms with Crippen molar-refractivity contribution in [2.24, 2.45) is 0 Å². The number of hydrogen-bond acceptors (Lipinski definition) is 4. The first-order valence-electron chi connectivity index (χ1n) is 0.914. The van der Waals surface area contributed by atoms with Crippen LogP contribution in [0.2, 0.25) is 0 Å². The molecule has 1 heterocycles. The van der Waals surface area contributed by atoms with Crippen LogP contribution in [0.5, 0.6) is 0 Å². The first kappa shape index (κ1) is 6.02. The molecule has 6 heteroatoms. The van der Waals surface area contributed by atoms with Crippen LogP contribution in [-0.4, -0.2) is 21.3 Å². The van der Waals surface area contributed by atoms with Crippen LogP contribution in [0.15, 0.2) is 0 Å². The Hall–Kier alpha value is 0.0169. The molecular weight excluding hydrogens is 106 g/mol. The SMILES string of the molecule is [O-][N+]1(O)OO1.[SiH4]. The van der Waals surface area contributed by atoms with Crippen LogP contribution in [0.3, 0.4) is 0 Å². The van der Waals surface area contributed by atoms with Gasteiger partial charge in [0.2, 0.25) is 0 Å². The number of hydrogen-bond donors (Lipinski definition) is 1. The van der Waals surface area contributed by atoms with Crippen molar-refractivity contribution in [3.8, 4) is 0 Å². The Balaban J connectivity index is 0.000000250. The van der Waals surface area contributed by atoms with Crippen LogP contribution in [0.25, 0.3) is 0 Å². The Kier molecular flexibility index (Phi) is 1.26. The highest BCUT2D eigenvalue weighted by atomic mass is 28.1. The Morgan fingerprint density at radius 1 is 1.50 bits per heavy atom. The van der Waals surface area contributed by atoms with Gasteiger partial charge in [0.05, 0.1) is 0 Å². The Bertz CT molecular complexity index is 45.5. The average molecular weight is 111 g/mol. The summed E-state index contributed by atoms with van der Waals surface area (Å²) in [6, 6.07) is 0. The third-order valence-corrected chi connectivity index (χ3v) is 0.202. The molecule has 1 N–H and O–H groups in total. The fourth-order valence-electron chi connectivity index (χ4n) is 0.0285. The van der Waals surface area contributed by atoms with Gasteiger partial charge in [0, 0.05) is 0 Å². The highest BCUT2D eigenvalue weighted by Crippen LogP contribution is 2.16. The number of rotatable bonds is 0. The van der Waals surface area contributed by atoms with E-state index in [-0.39, 0.29) is 11.0 Å².